The zero-order chi connectivity index (χ0) is 26.9. The van der Waals surface area contributed by atoms with E-state index in [1.54, 1.807) is 56.3 Å². The lowest BCUT2D eigenvalue weighted by molar-refractivity contribution is -0.645. The number of para-hydroxylation sites is 1. The number of carbonyl (C=O) groups is 2. The van der Waals surface area contributed by atoms with Crippen molar-refractivity contribution in [3.8, 4) is 11.5 Å². The van der Waals surface area contributed by atoms with Crippen molar-refractivity contribution in [1.29, 1.82) is 0 Å². The molecule has 3 aromatic carbocycles. The summed E-state index contributed by atoms with van der Waals surface area (Å²) in [6.45, 7) is 3.57. The highest BCUT2D eigenvalue weighted by molar-refractivity contribution is 7.85. The van der Waals surface area contributed by atoms with Crippen LogP contribution in [0.5, 0.6) is 11.5 Å². The minimum atomic E-state index is -4.38. The third-order valence-electron chi connectivity index (χ3n) is 6.11. The van der Waals surface area contributed by atoms with Gasteiger partial charge < -0.3 is 19.1 Å². The van der Waals surface area contributed by atoms with E-state index in [-0.39, 0.29) is 29.8 Å². The van der Waals surface area contributed by atoms with E-state index < -0.39 is 27.8 Å². The molecule has 0 fully saturated rings. The molecule has 0 amide bonds. The van der Waals surface area contributed by atoms with Gasteiger partial charge in [-0.3, -0.25) is 0 Å². The molecular weight excluding hydrogens is 498 g/mol. The Kier molecular flexibility index (Phi) is 7.15. The second kappa shape index (κ2) is 10.2. The minimum Gasteiger partial charge on any atom is -0.748 e. The first-order chi connectivity index (χ1) is 17.5. The summed E-state index contributed by atoms with van der Waals surface area (Å²) in [6, 6.07) is 15.2. The smallest absolute Gasteiger partial charge is 0.345 e. The number of hydrogen-bond acceptors (Lipinski definition) is 7. The van der Waals surface area contributed by atoms with E-state index in [9.17, 15) is 27.7 Å². The topological polar surface area (TPSA) is 134 Å². The van der Waals surface area contributed by atoms with E-state index in [2.05, 4.69) is 0 Å². The molecule has 10 heteroatoms. The summed E-state index contributed by atoms with van der Waals surface area (Å²) in [7, 11) is -2.87. The Hall–Kier alpha value is -4.02. The Balaban J connectivity index is 1.90. The number of carboxylic acids is 1. The third-order valence-corrected chi connectivity index (χ3v) is 6.90. The number of methoxy groups -OCH3 is 1. The highest BCUT2D eigenvalue weighted by Crippen LogP contribution is 2.31. The van der Waals surface area contributed by atoms with Crippen molar-refractivity contribution in [2.45, 2.75) is 26.8 Å². The van der Waals surface area contributed by atoms with Gasteiger partial charge in [-0.25, -0.2) is 18.0 Å². The molecule has 0 unspecified atom stereocenters. The molecule has 1 aromatic heterocycles. The molecule has 0 atom stereocenters. The molecule has 0 saturated heterocycles. The molecule has 1 heterocycles. The number of esters is 1. The number of carboxylic acid groups (broad SMARTS) is 1. The standard InChI is InChI=1S/C27H25NO8S/c1-16-13-18(26(29)30)14-17(2)25(16)36-27(31)24-20-7-4-5-8-22(20)28(11-6-12-37(32,33)34)23-10-9-19(35-3)15-21(23)24/h4-5,7-10,13-15H,6,11-12H2,1-3H3,(H-,29,30,32,33,34). The van der Waals surface area contributed by atoms with Crippen molar-refractivity contribution in [1.82, 2.24) is 0 Å². The van der Waals surface area contributed by atoms with Crippen LogP contribution in [-0.2, 0) is 16.7 Å². The number of fused-ring (bicyclic) bond motifs is 2. The van der Waals surface area contributed by atoms with E-state index in [0.29, 0.717) is 38.7 Å². The van der Waals surface area contributed by atoms with Crippen LogP contribution in [0.15, 0.2) is 54.6 Å². The maximum atomic E-state index is 13.7. The van der Waals surface area contributed by atoms with Crippen molar-refractivity contribution in [2.24, 2.45) is 0 Å². The van der Waals surface area contributed by atoms with Gasteiger partial charge in [-0.2, -0.15) is 4.57 Å². The van der Waals surface area contributed by atoms with Gasteiger partial charge in [0.05, 0.1) is 39.1 Å². The zero-order valence-electron chi connectivity index (χ0n) is 20.5. The maximum Gasteiger partial charge on any atom is 0.345 e. The first-order valence-electron chi connectivity index (χ1n) is 11.4. The maximum absolute atomic E-state index is 13.7. The largest absolute Gasteiger partial charge is 0.748 e. The van der Waals surface area contributed by atoms with Gasteiger partial charge in [0, 0.05) is 24.3 Å². The summed E-state index contributed by atoms with van der Waals surface area (Å²) < 4.78 is 46.7. The molecule has 1 N–H and O–H groups in total. The highest BCUT2D eigenvalue weighted by Gasteiger charge is 2.27. The molecule has 0 aliphatic heterocycles. The van der Waals surface area contributed by atoms with E-state index in [1.807, 2.05) is 4.57 Å². The van der Waals surface area contributed by atoms with E-state index in [4.69, 9.17) is 9.47 Å². The molecule has 0 bridgehead atoms. The molecule has 4 aromatic rings. The quantitative estimate of drug-likeness (QED) is 0.121. The number of pyridine rings is 1. The number of carbonyl (C=O) groups excluding carboxylic acids is 1. The summed E-state index contributed by atoms with van der Waals surface area (Å²) in [6.07, 6.45) is 0.0970. The molecule has 37 heavy (non-hydrogen) atoms. The fourth-order valence-corrected chi connectivity index (χ4v) is 4.99. The SMILES string of the molecule is COc1ccc2c(c1)c(C(=O)Oc1c(C)cc(C(=O)O)cc1C)c1ccccc1[n+]2CCCS(=O)(=O)[O-]. The Morgan fingerprint density at radius 2 is 1.62 bits per heavy atom. The summed E-state index contributed by atoms with van der Waals surface area (Å²) in [4.78, 5) is 25.1. The van der Waals surface area contributed by atoms with Crippen molar-refractivity contribution in [3.05, 3.63) is 76.9 Å². The lowest BCUT2D eigenvalue weighted by atomic mass is 10.0. The molecule has 0 aliphatic rings. The van der Waals surface area contributed by atoms with Crippen LogP contribution in [-0.4, -0.2) is 42.9 Å². The van der Waals surface area contributed by atoms with Crippen LogP contribution in [0.3, 0.4) is 0 Å². The van der Waals surface area contributed by atoms with Crippen LogP contribution in [0.1, 0.15) is 38.3 Å². The van der Waals surface area contributed by atoms with Gasteiger partial charge in [0.1, 0.15) is 11.5 Å². The molecular formula is C27H25NO8S. The van der Waals surface area contributed by atoms with Crippen LogP contribution in [0.25, 0.3) is 21.8 Å². The van der Waals surface area contributed by atoms with Gasteiger partial charge in [0.15, 0.2) is 6.54 Å². The molecule has 0 aliphatic carbocycles. The number of aryl methyl sites for hydroxylation is 3. The second-order valence-electron chi connectivity index (χ2n) is 8.68. The highest BCUT2D eigenvalue weighted by atomic mass is 32.2. The predicted octanol–water partition coefficient (Wildman–Crippen LogP) is 3.76. The van der Waals surface area contributed by atoms with E-state index in [1.165, 1.54) is 19.2 Å². The van der Waals surface area contributed by atoms with Gasteiger partial charge in [0.25, 0.3) is 0 Å². The number of aromatic carboxylic acids is 1. The van der Waals surface area contributed by atoms with Crippen molar-refractivity contribution < 1.29 is 41.7 Å². The van der Waals surface area contributed by atoms with Crippen LogP contribution in [0.2, 0.25) is 0 Å². The average Bonchev–Trinajstić information content (AvgIpc) is 2.84. The van der Waals surface area contributed by atoms with Crippen molar-refractivity contribution >= 4 is 43.9 Å². The molecule has 0 spiro atoms. The number of rotatable bonds is 8. The van der Waals surface area contributed by atoms with Crippen molar-refractivity contribution in [2.75, 3.05) is 12.9 Å². The van der Waals surface area contributed by atoms with Gasteiger partial charge in [-0.05, 0) is 55.3 Å². The third kappa shape index (κ3) is 5.40. The van der Waals surface area contributed by atoms with Gasteiger partial charge in [-0.1, -0.05) is 12.1 Å². The zero-order valence-corrected chi connectivity index (χ0v) is 21.3. The van der Waals surface area contributed by atoms with Gasteiger partial charge in [0.2, 0.25) is 11.0 Å². The molecule has 192 valence electrons. The lowest BCUT2D eigenvalue weighted by Gasteiger charge is -2.15. The van der Waals surface area contributed by atoms with Crippen LogP contribution in [0, 0.1) is 13.8 Å². The second-order valence-corrected chi connectivity index (χ2v) is 10.2. The number of ether oxygens (including phenoxy) is 2. The Morgan fingerprint density at radius 1 is 0.973 bits per heavy atom. The Bertz CT molecular complexity index is 1640. The molecule has 0 saturated carbocycles. The summed E-state index contributed by atoms with van der Waals surface area (Å²) in [5.41, 5.74) is 2.66. The average molecular weight is 524 g/mol. The summed E-state index contributed by atoms with van der Waals surface area (Å²) in [5.74, 6) is -1.46. The first kappa shape index (κ1) is 26.1. The molecule has 4 rings (SSSR count). The van der Waals surface area contributed by atoms with Crippen LogP contribution >= 0.6 is 0 Å². The number of benzene rings is 3. The minimum absolute atomic E-state index is 0.0938. The fraction of sp³-hybridized carbons (Fsp3) is 0.222. The summed E-state index contributed by atoms with van der Waals surface area (Å²) >= 11 is 0. The molecule has 0 radical (unpaired) electrons. The van der Waals surface area contributed by atoms with Gasteiger partial charge in [-0.15, -0.1) is 0 Å². The first-order valence-corrected chi connectivity index (χ1v) is 13.0. The number of aromatic nitrogens is 1. The van der Waals surface area contributed by atoms with Crippen LogP contribution in [0.4, 0.5) is 0 Å². The normalized spacial score (nSPS) is 11.6. The van der Waals surface area contributed by atoms with Crippen LogP contribution < -0.4 is 14.0 Å². The fourth-order valence-electron chi connectivity index (χ4n) is 4.51. The monoisotopic (exact) mass is 523 g/mol. The number of nitrogens with zero attached hydrogens (tertiary/aromatic N) is 1. The van der Waals surface area contributed by atoms with E-state index in [0.717, 1.165) is 0 Å². The van der Waals surface area contributed by atoms with Crippen molar-refractivity contribution in [3.63, 3.8) is 0 Å². The van der Waals surface area contributed by atoms with E-state index >= 15 is 0 Å². The Labute approximate surface area is 213 Å². The predicted molar refractivity (Wildman–Crippen MR) is 135 cm³/mol. The van der Waals surface area contributed by atoms with Gasteiger partial charge >= 0.3 is 11.9 Å². The summed E-state index contributed by atoms with van der Waals surface area (Å²) in [5, 5.41) is 10.4. The lowest BCUT2D eigenvalue weighted by Crippen LogP contribution is -2.37. The molecule has 9 nitrogen and oxygen atoms in total. The Morgan fingerprint density at radius 3 is 2.24 bits per heavy atom. The number of hydrogen-bond donors (Lipinski definition) is 1.